The highest BCUT2D eigenvalue weighted by atomic mass is 79.9. The number of halogens is 1. The average molecular weight is 341 g/mol. The molecule has 1 N–H and O–H groups in total. The molecular formula is C15H17BrO2S. The van der Waals surface area contributed by atoms with E-state index in [0.29, 0.717) is 0 Å². The number of hydrogen-bond acceptors (Lipinski definition) is 3. The number of aryl methyl sites for hydroxylation is 1. The third-order valence-electron chi connectivity index (χ3n) is 2.98. The summed E-state index contributed by atoms with van der Waals surface area (Å²) in [5, 5.41) is 12.1. The molecule has 1 unspecified atom stereocenters. The van der Waals surface area contributed by atoms with Crippen molar-refractivity contribution in [2.24, 2.45) is 0 Å². The molecule has 1 atom stereocenters. The van der Waals surface area contributed by atoms with Gasteiger partial charge < -0.3 is 9.84 Å². The largest absolute Gasteiger partial charge is 0.497 e. The van der Waals surface area contributed by atoms with Crippen LogP contribution in [0.1, 0.15) is 16.9 Å². The number of hydrogen-bond donors (Lipinski definition) is 1. The molecule has 0 spiro atoms. The van der Waals surface area contributed by atoms with Gasteiger partial charge in [-0.25, -0.2) is 0 Å². The molecule has 1 heterocycles. The summed E-state index contributed by atoms with van der Waals surface area (Å²) in [6.45, 7) is 0. The van der Waals surface area contributed by atoms with Gasteiger partial charge in [-0.3, -0.25) is 0 Å². The zero-order valence-corrected chi connectivity index (χ0v) is 13.2. The second kappa shape index (κ2) is 7.08. The van der Waals surface area contributed by atoms with Crippen LogP contribution in [0.3, 0.4) is 0 Å². The van der Waals surface area contributed by atoms with E-state index in [1.807, 2.05) is 29.6 Å². The molecule has 102 valence electrons. The van der Waals surface area contributed by atoms with Crippen molar-refractivity contribution in [2.45, 2.75) is 25.4 Å². The lowest BCUT2D eigenvalue weighted by Crippen LogP contribution is -2.10. The van der Waals surface area contributed by atoms with Crippen LogP contribution in [0.15, 0.2) is 40.2 Å². The van der Waals surface area contributed by atoms with Gasteiger partial charge in [0.1, 0.15) is 5.75 Å². The van der Waals surface area contributed by atoms with Gasteiger partial charge in [-0.05, 0) is 52.5 Å². The Morgan fingerprint density at radius 3 is 2.63 bits per heavy atom. The molecule has 0 aliphatic rings. The topological polar surface area (TPSA) is 29.5 Å². The lowest BCUT2D eigenvalue weighted by Gasteiger charge is -2.09. The quantitative estimate of drug-likeness (QED) is 0.859. The molecule has 19 heavy (non-hydrogen) atoms. The summed E-state index contributed by atoms with van der Waals surface area (Å²) in [5.74, 6) is 0.868. The molecule has 2 aromatic rings. The highest BCUT2D eigenvalue weighted by molar-refractivity contribution is 9.10. The third-order valence-corrected chi connectivity index (χ3v) is 4.70. The summed E-state index contributed by atoms with van der Waals surface area (Å²) in [4.78, 5) is 1.22. The lowest BCUT2D eigenvalue weighted by molar-refractivity contribution is 0.166. The SMILES string of the molecule is COc1ccc(CCC(O)Cc2cc(Br)cs2)cc1. The second-order valence-corrected chi connectivity index (χ2v) is 6.39. The summed E-state index contributed by atoms with van der Waals surface area (Å²) in [6, 6.07) is 10.1. The number of rotatable bonds is 6. The molecule has 0 radical (unpaired) electrons. The molecule has 1 aromatic carbocycles. The van der Waals surface area contributed by atoms with E-state index in [4.69, 9.17) is 4.74 Å². The fourth-order valence-corrected chi connectivity index (χ4v) is 3.44. The molecule has 4 heteroatoms. The Labute approximate surface area is 126 Å². The van der Waals surface area contributed by atoms with Gasteiger partial charge in [0.15, 0.2) is 0 Å². The van der Waals surface area contributed by atoms with E-state index in [0.717, 1.165) is 29.5 Å². The summed E-state index contributed by atoms with van der Waals surface area (Å²) >= 11 is 5.11. The Morgan fingerprint density at radius 1 is 1.32 bits per heavy atom. The minimum Gasteiger partial charge on any atom is -0.497 e. The smallest absolute Gasteiger partial charge is 0.118 e. The van der Waals surface area contributed by atoms with Crippen LogP contribution in [0.25, 0.3) is 0 Å². The second-order valence-electron chi connectivity index (χ2n) is 4.48. The monoisotopic (exact) mass is 340 g/mol. The van der Waals surface area contributed by atoms with E-state index in [9.17, 15) is 5.11 Å². The minimum atomic E-state index is -0.285. The van der Waals surface area contributed by atoms with Gasteiger partial charge in [0, 0.05) is 21.2 Å². The Kier molecular flexibility index (Phi) is 5.43. The van der Waals surface area contributed by atoms with Crippen molar-refractivity contribution < 1.29 is 9.84 Å². The number of benzene rings is 1. The Balaban J connectivity index is 1.80. The standard InChI is InChI=1S/C15H17BrO2S/c1-18-14-6-3-11(4-7-14)2-5-13(17)9-15-8-12(16)10-19-15/h3-4,6-8,10,13,17H,2,5,9H2,1H3. The van der Waals surface area contributed by atoms with Crippen LogP contribution in [0.4, 0.5) is 0 Å². The van der Waals surface area contributed by atoms with Crippen LogP contribution in [-0.4, -0.2) is 18.3 Å². The zero-order chi connectivity index (χ0) is 13.7. The first-order valence-corrected chi connectivity index (χ1v) is 7.88. The van der Waals surface area contributed by atoms with Gasteiger partial charge >= 0.3 is 0 Å². The summed E-state index contributed by atoms with van der Waals surface area (Å²) in [5.41, 5.74) is 1.23. The molecular weight excluding hydrogens is 324 g/mol. The Morgan fingerprint density at radius 2 is 2.05 bits per heavy atom. The molecule has 0 amide bonds. The van der Waals surface area contributed by atoms with Gasteiger partial charge in [-0.2, -0.15) is 0 Å². The van der Waals surface area contributed by atoms with Gasteiger partial charge in [0.2, 0.25) is 0 Å². The third kappa shape index (κ3) is 4.64. The van der Waals surface area contributed by atoms with Gasteiger partial charge in [0.05, 0.1) is 13.2 Å². The van der Waals surface area contributed by atoms with Crippen molar-refractivity contribution in [3.8, 4) is 5.75 Å². The number of thiophene rings is 1. The fourth-order valence-electron chi connectivity index (χ4n) is 1.92. The molecule has 0 aliphatic carbocycles. The maximum atomic E-state index is 10.0. The van der Waals surface area contributed by atoms with Crippen LogP contribution in [0.5, 0.6) is 5.75 Å². The molecule has 0 saturated heterocycles. The Hall–Kier alpha value is -0.840. The minimum absolute atomic E-state index is 0.285. The van der Waals surface area contributed by atoms with Crippen LogP contribution < -0.4 is 4.74 Å². The van der Waals surface area contributed by atoms with E-state index in [1.54, 1.807) is 18.4 Å². The number of ether oxygens (including phenoxy) is 1. The maximum Gasteiger partial charge on any atom is 0.118 e. The number of aliphatic hydroxyl groups is 1. The first kappa shape index (κ1) is 14.6. The van der Waals surface area contributed by atoms with Crippen LogP contribution >= 0.6 is 27.3 Å². The van der Waals surface area contributed by atoms with E-state index < -0.39 is 0 Å². The summed E-state index contributed by atoms with van der Waals surface area (Å²) in [7, 11) is 1.66. The maximum absolute atomic E-state index is 10.0. The normalized spacial score (nSPS) is 12.4. The average Bonchev–Trinajstić information content (AvgIpc) is 2.82. The van der Waals surface area contributed by atoms with Crippen molar-refractivity contribution in [3.63, 3.8) is 0 Å². The van der Waals surface area contributed by atoms with E-state index in [2.05, 4.69) is 22.0 Å². The summed E-state index contributed by atoms with van der Waals surface area (Å²) in [6.07, 6.45) is 2.11. The Bertz CT molecular complexity index is 507. The van der Waals surface area contributed by atoms with Gasteiger partial charge in [0.25, 0.3) is 0 Å². The number of aliphatic hydroxyl groups excluding tert-OH is 1. The first-order chi connectivity index (χ1) is 9.17. The zero-order valence-electron chi connectivity index (χ0n) is 10.8. The van der Waals surface area contributed by atoms with E-state index in [1.165, 1.54) is 10.4 Å². The van der Waals surface area contributed by atoms with Crippen molar-refractivity contribution in [1.29, 1.82) is 0 Å². The molecule has 2 nitrogen and oxygen atoms in total. The van der Waals surface area contributed by atoms with Crippen LogP contribution in [-0.2, 0) is 12.8 Å². The van der Waals surface area contributed by atoms with Crippen molar-refractivity contribution in [2.75, 3.05) is 7.11 Å². The predicted molar refractivity (Wildman–Crippen MR) is 83.0 cm³/mol. The number of methoxy groups -OCH3 is 1. The molecule has 1 aromatic heterocycles. The highest BCUT2D eigenvalue weighted by Crippen LogP contribution is 2.22. The first-order valence-electron chi connectivity index (χ1n) is 6.21. The molecule has 0 fully saturated rings. The van der Waals surface area contributed by atoms with E-state index >= 15 is 0 Å². The lowest BCUT2D eigenvalue weighted by atomic mass is 10.0. The molecule has 0 aliphatic heterocycles. The molecule has 0 saturated carbocycles. The predicted octanol–water partition coefficient (Wildman–Crippen LogP) is 4.06. The van der Waals surface area contributed by atoms with Crippen LogP contribution in [0.2, 0.25) is 0 Å². The fraction of sp³-hybridized carbons (Fsp3) is 0.333. The molecule has 0 bridgehead atoms. The molecule has 2 rings (SSSR count). The van der Waals surface area contributed by atoms with Crippen LogP contribution in [0, 0.1) is 0 Å². The van der Waals surface area contributed by atoms with E-state index in [-0.39, 0.29) is 6.10 Å². The van der Waals surface area contributed by atoms with Crippen molar-refractivity contribution >= 4 is 27.3 Å². The van der Waals surface area contributed by atoms with Gasteiger partial charge in [-0.1, -0.05) is 12.1 Å². The van der Waals surface area contributed by atoms with Gasteiger partial charge in [-0.15, -0.1) is 11.3 Å². The highest BCUT2D eigenvalue weighted by Gasteiger charge is 2.08. The summed E-state index contributed by atoms with van der Waals surface area (Å²) < 4.78 is 6.22. The van der Waals surface area contributed by atoms with Crippen molar-refractivity contribution in [1.82, 2.24) is 0 Å². The van der Waals surface area contributed by atoms with Crippen molar-refractivity contribution in [3.05, 3.63) is 50.6 Å².